The predicted octanol–water partition coefficient (Wildman–Crippen LogP) is -2.14. The molecule has 4 heterocycles. The van der Waals surface area contributed by atoms with Gasteiger partial charge in [-0.2, -0.15) is 0 Å². The third-order valence-electron chi connectivity index (χ3n) is 4.55. The van der Waals surface area contributed by atoms with Gasteiger partial charge in [0.05, 0.1) is 19.8 Å². The Morgan fingerprint density at radius 3 is 2.64 bits per heavy atom. The summed E-state index contributed by atoms with van der Waals surface area (Å²) < 4.78 is 12.6. The molecule has 2 aliphatic heterocycles. The van der Waals surface area contributed by atoms with Crippen LogP contribution in [-0.2, 0) is 9.47 Å². The average Bonchev–Trinajstić information content (AvgIpc) is 3.15. The molecular formula is C14H20N6O5. The van der Waals surface area contributed by atoms with Crippen LogP contribution in [0.4, 0.5) is 11.8 Å². The zero-order chi connectivity index (χ0) is 17.6. The van der Waals surface area contributed by atoms with Crippen molar-refractivity contribution in [1.29, 1.82) is 0 Å². The molecule has 0 spiro atoms. The van der Waals surface area contributed by atoms with Gasteiger partial charge < -0.3 is 35.4 Å². The van der Waals surface area contributed by atoms with Gasteiger partial charge in [-0.25, -0.2) is 15.0 Å². The number of ether oxygens (including phenoxy) is 2. The van der Waals surface area contributed by atoms with E-state index in [-0.39, 0.29) is 5.82 Å². The van der Waals surface area contributed by atoms with Crippen LogP contribution < -0.4 is 10.6 Å². The van der Waals surface area contributed by atoms with Gasteiger partial charge in [0.15, 0.2) is 23.2 Å². The summed E-state index contributed by atoms with van der Waals surface area (Å²) in [6.07, 6.45) is -3.01. The first kappa shape index (κ1) is 16.4. The highest BCUT2D eigenvalue weighted by molar-refractivity contribution is 5.84. The van der Waals surface area contributed by atoms with Gasteiger partial charge in [-0.3, -0.25) is 4.57 Å². The number of nitrogen functional groups attached to an aromatic ring is 1. The van der Waals surface area contributed by atoms with Crippen molar-refractivity contribution in [2.75, 3.05) is 43.5 Å². The minimum atomic E-state index is -1.24. The Labute approximate surface area is 142 Å². The second-order valence-corrected chi connectivity index (χ2v) is 6.04. The number of anilines is 2. The van der Waals surface area contributed by atoms with Gasteiger partial charge in [-0.05, 0) is 0 Å². The maximum atomic E-state index is 10.4. The Balaban J connectivity index is 1.84. The van der Waals surface area contributed by atoms with Crippen molar-refractivity contribution in [2.24, 2.45) is 0 Å². The fraction of sp³-hybridized carbons (Fsp3) is 0.643. The van der Waals surface area contributed by atoms with Crippen LogP contribution in [0.1, 0.15) is 6.23 Å². The predicted molar refractivity (Wildman–Crippen MR) is 85.8 cm³/mol. The molecule has 2 saturated heterocycles. The second kappa shape index (κ2) is 6.35. The van der Waals surface area contributed by atoms with Gasteiger partial charge in [0.1, 0.15) is 24.6 Å². The Hall–Kier alpha value is -2.05. The van der Waals surface area contributed by atoms with E-state index in [1.54, 1.807) is 4.57 Å². The number of aliphatic hydroxyl groups excluding tert-OH is 3. The van der Waals surface area contributed by atoms with Crippen LogP contribution in [0.25, 0.3) is 11.2 Å². The van der Waals surface area contributed by atoms with Crippen LogP contribution in [0.15, 0.2) is 6.33 Å². The van der Waals surface area contributed by atoms with Gasteiger partial charge in [0, 0.05) is 13.1 Å². The molecule has 4 atom stereocenters. The minimum absolute atomic E-state index is 0.213. The lowest BCUT2D eigenvalue weighted by Crippen LogP contribution is -2.39. The van der Waals surface area contributed by atoms with Crippen LogP contribution >= 0.6 is 0 Å². The summed E-state index contributed by atoms with van der Waals surface area (Å²) in [7, 11) is 0. The molecule has 0 bridgehead atoms. The van der Waals surface area contributed by atoms with Gasteiger partial charge in [-0.15, -0.1) is 0 Å². The maximum absolute atomic E-state index is 10.4. The lowest BCUT2D eigenvalue weighted by molar-refractivity contribution is -0.0506. The van der Waals surface area contributed by atoms with Gasteiger partial charge >= 0.3 is 0 Å². The monoisotopic (exact) mass is 352 g/mol. The van der Waals surface area contributed by atoms with Gasteiger partial charge in [0.2, 0.25) is 5.95 Å². The Morgan fingerprint density at radius 1 is 1.20 bits per heavy atom. The van der Waals surface area contributed by atoms with Crippen molar-refractivity contribution in [3.05, 3.63) is 6.33 Å². The van der Waals surface area contributed by atoms with E-state index in [1.165, 1.54) is 6.33 Å². The lowest BCUT2D eigenvalue weighted by atomic mass is 10.1. The summed E-state index contributed by atoms with van der Waals surface area (Å²) in [5, 5.41) is 29.9. The van der Waals surface area contributed by atoms with E-state index in [1.807, 2.05) is 4.90 Å². The van der Waals surface area contributed by atoms with E-state index in [0.29, 0.717) is 43.4 Å². The number of aliphatic hydroxyl groups is 3. The van der Waals surface area contributed by atoms with E-state index in [2.05, 4.69) is 15.0 Å². The van der Waals surface area contributed by atoms with Crippen LogP contribution in [0, 0.1) is 0 Å². The molecule has 0 aliphatic carbocycles. The van der Waals surface area contributed by atoms with E-state index in [0.717, 1.165) is 0 Å². The fourth-order valence-corrected chi connectivity index (χ4v) is 3.23. The number of imidazole rings is 1. The Kier molecular flexibility index (Phi) is 4.17. The summed E-state index contributed by atoms with van der Waals surface area (Å²) in [5.41, 5.74) is 6.70. The van der Waals surface area contributed by atoms with E-state index in [9.17, 15) is 15.3 Å². The topological polar surface area (TPSA) is 152 Å². The largest absolute Gasteiger partial charge is 0.394 e. The van der Waals surface area contributed by atoms with Crippen LogP contribution in [-0.4, -0.2) is 86.1 Å². The molecule has 5 N–H and O–H groups in total. The van der Waals surface area contributed by atoms with Crippen molar-refractivity contribution in [2.45, 2.75) is 24.5 Å². The van der Waals surface area contributed by atoms with E-state index < -0.39 is 31.1 Å². The van der Waals surface area contributed by atoms with Crippen molar-refractivity contribution in [1.82, 2.24) is 19.5 Å². The molecule has 2 aromatic rings. The number of hydrogen-bond donors (Lipinski definition) is 4. The molecular weight excluding hydrogens is 332 g/mol. The maximum Gasteiger partial charge on any atom is 0.210 e. The molecule has 136 valence electrons. The molecule has 0 radical (unpaired) electrons. The summed E-state index contributed by atoms with van der Waals surface area (Å²) in [4.78, 5) is 14.7. The SMILES string of the molecule is Nc1ncnc2c1nc(N1CCOCC1)n2[C@@H]1O[C@@H](CO)[C@@H](O)[C@H]1O. The number of hydrogen-bond acceptors (Lipinski definition) is 10. The molecule has 2 aromatic heterocycles. The van der Waals surface area contributed by atoms with Crippen LogP contribution in [0.3, 0.4) is 0 Å². The summed E-state index contributed by atoms with van der Waals surface area (Å²) in [5.74, 6) is 0.713. The smallest absolute Gasteiger partial charge is 0.210 e. The summed E-state index contributed by atoms with van der Waals surface area (Å²) in [6, 6.07) is 0. The second-order valence-electron chi connectivity index (χ2n) is 6.04. The molecule has 11 heteroatoms. The van der Waals surface area contributed by atoms with Crippen LogP contribution in [0.5, 0.6) is 0 Å². The lowest BCUT2D eigenvalue weighted by Gasteiger charge is -2.30. The van der Waals surface area contributed by atoms with Crippen molar-refractivity contribution < 1.29 is 24.8 Å². The highest BCUT2D eigenvalue weighted by Gasteiger charge is 2.45. The Bertz CT molecular complexity index is 763. The van der Waals surface area contributed by atoms with Crippen molar-refractivity contribution in [3.63, 3.8) is 0 Å². The number of nitrogens with two attached hydrogens (primary N) is 1. The third kappa shape index (κ3) is 2.60. The first-order valence-electron chi connectivity index (χ1n) is 8.05. The summed E-state index contributed by atoms with van der Waals surface area (Å²) in [6.45, 7) is 1.88. The highest BCUT2D eigenvalue weighted by atomic mass is 16.6. The number of rotatable bonds is 3. The van der Waals surface area contributed by atoms with Gasteiger partial charge in [0.25, 0.3) is 0 Å². The number of aromatic nitrogens is 4. The molecule has 25 heavy (non-hydrogen) atoms. The average molecular weight is 352 g/mol. The number of morpholine rings is 1. The molecule has 11 nitrogen and oxygen atoms in total. The molecule has 4 rings (SSSR count). The highest BCUT2D eigenvalue weighted by Crippen LogP contribution is 2.36. The molecule has 0 saturated carbocycles. The van der Waals surface area contributed by atoms with Crippen LogP contribution in [0.2, 0.25) is 0 Å². The molecule has 2 aliphatic rings. The first-order valence-corrected chi connectivity index (χ1v) is 8.05. The standard InChI is InChI=1S/C14H20N6O5/c15-11-8-12(17-6-16-11)20(13-10(23)9(22)7(5-21)25-13)14(18-8)19-1-3-24-4-2-19/h6-7,9-10,13,21-23H,1-5H2,(H2,15,16,17)/t7-,9+,10+,13+/m0/s1. The minimum Gasteiger partial charge on any atom is -0.394 e. The molecule has 0 amide bonds. The van der Waals surface area contributed by atoms with Gasteiger partial charge in [-0.1, -0.05) is 0 Å². The van der Waals surface area contributed by atoms with E-state index in [4.69, 9.17) is 15.2 Å². The fourth-order valence-electron chi connectivity index (χ4n) is 3.23. The molecule has 0 unspecified atom stereocenters. The first-order chi connectivity index (χ1) is 12.1. The quantitative estimate of drug-likeness (QED) is 0.481. The van der Waals surface area contributed by atoms with Crippen molar-refractivity contribution >= 4 is 22.9 Å². The molecule has 0 aromatic carbocycles. The van der Waals surface area contributed by atoms with E-state index >= 15 is 0 Å². The summed E-state index contributed by atoms with van der Waals surface area (Å²) >= 11 is 0. The number of nitrogens with zero attached hydrogens (tertiary/aromatic N) is 5. The zero-order valence-corrected chi connectivity index (χ0v) is 13.4. The number of fused-ring (bicyclic) bond motifs is 1. The Morgan fingerprint density at radius 2 is 1.96 bits per heavy atom. The zero-order valence-electron chi connectivity index (χ0n) is 13.4. The third-order valence-corrected chi connectivity index (χ3v) is 4.55. The normalized spacial score (nSPS) is 30.3. The molecule has 2 fully saturated rings. The van der Waals surface area contributed by atoms with Crippen molar-refractivity contribution in [3.8, 4) is 0 Å².